The molecule has 5 amide bonds. The number of nitrogens with zero attached hydrogens (tertiary/aromatic N) is 4. The lowest BCUT2D eigenvalue weighted by atomic mass is 10.1. The fraction of sp³-hybridized carbons (Fsp3) is 0.812. The van der Waals surface area contributed by atoms with Gasteiger partial charge in [-0.3, -0.25) is 51.6 Å². The lowest BCUT2D eigenvalue weighted by Gasteiger charge is -2.23. The summed E-state index contributed by atoms with van der Waals surface area (Å²) in [5.74, 6) is 0.802. The lowest BCUT2D eigenvalue weighted by molar-refractivity contribution is -0.149. The summed E-state index contributed by atoms with van der Waals surface area (Å²) >= 11 is 0. The van der Waals surface area contributed by atoms with Crippen molar-refractivity contribution in [3.05, 3.63) is 0 Å². The number of carbonyl (C=O) groups is 11. The zero-order chi connectivity index (χ0) is 79.2. The molecule has 2 rings (SSSR count). The topological polar surface area (TPSA) is 470 Å². The summed E-state index contributed by atoms with van der Waals surface area (Å²) in [6.45, 7) is 42.4. The van der Waals surface area contributed by atoms with Gasteiger partial charge in [0.2, 0.25) is 49.6 Å². The number of aliphatic carboxylic acids is 4. The van der Waals surface area contributed by atoms with E-state index in [4.69, 9.17) is 26.2 Å². The van der Waals surface area contributed by atoms with Gasteiger partial charge < -0.3 is 51.9 Å². The van der Waals surface area contributed by atoms with E-state index >= 15 is 0 Å². The van der Waals surface area contributed by atoms with Gasteiger partial charge in [0.05, 0.1) is 6.54 Å². The van der Waals surface area contributed by atoms with E-state index in [9.17, 15) is 78.0 Å². The molecule has 0 aromatic heterocycles. The van der Waals surface area contributed by atoms with E-state index in [1.54, 1.807) is 93.0 Å². The summed E-state index contributed by atoms with van der Waals surface area (Å²) in [5, 5.41) is 41.7. The molecule has 632 valence electrons. The summed E-state index contributed by atoms with van der Waals surface area (Å²) in [5.41, 5.74) is 5.01. The molecule has 31 nitrogen and oxygen atoms in total. The van der Waals surface area contributed by atoms with Gasteiger partial charge in [0.15, 0.2) is 5.75 Å². The van der Waals surface area contributed by atoms with Gasteiger partial charge in [-0.05, 0) is 155 Å². The van der Waals surface area contributed by atoms with Crippen LogP contribution < -0.4 is 31.1 Å². The Kier molecular flexibility index (Phi) is 89.1. The van der Waals surface area contributed by atoms with Gasteiger partial charge in [-0.1, -0.05) is 93.5 Å². The minimum Gasteiger partial charge on any atom is -0.481 e. The standard InChI is InChI=1S/2C9H15NO3.C7H15NO3S.C6H11NO3.C6H15NOS.C5H12N2O.C5H11NO4S.C5H13NOS.C5H11NO.C5H10O.7CH4/c2*1-6(2)8(11)10-5-3-4-7(10)9(12)13;1-6(2)8(4)12(10,11)5-7(3)9;1-4(2)7-5(8)3-6(9)10;1-6(2)7(3)9(4,5)8;1-4(2)7-5(8)3-6;1-4(2)6-11(9,10)3-5(7)8;1-5(2)6-8(3,4)7;1-4(2)6-5(3)7;1-4(2)5(3)6;;;;;;;/h2*6-7H,3-5H2,1-2H3,(H,12,13);6H,5H2,1-4H3;4H,3H2,1-2H3,(H,7,8)(H,9,10);6H,4H2,1-3,5H3;4H,3,6H2,1-2H3,(H,7,8);4,6H,3H2,1-2H3,(H,7,8);5H,3H2,1-2,4H3,(H,6,7);4H,1-3H3,(H,6,7);4H,1-3H3;7*1H4/t2*7-;;;;;;;;;;;;;;;/m10.............../s1. The van der Waals surface area contributed by atoms with Crippen molar-refractivity contribution in [2.24, 2.45) is 23.5 Å². The molecular formula is C69H156N10O21S4. The van der Waals surface area contributed by atoms with Crippen LogP contribution in [-0.4, -0.2) is 253 Å². The summed E-state index contributed by atoms with van der Waals surface area (Å²) in [6.07, 6.45) is 5.57. The average Bonchev–Trinajstić information content (AvgIpc) is 1.66. The Morgan fingerprint density at radius 3 is 0.933 bits per heavy atom. The predicted octanol–water partition coefficient (Wildman–Crippen LogP) is 7.58. The zero-order valence-corrected chi connectivity index (χ0v) is 66.4. The molecule has 35 heteroatoms. The molecule has 0 aromatic rings. The Bertz CT molecular complexity index is 2780. The van der Waals surface area contributed by atoms with Crippen molar-refractivity contribution in [1.82, 2.24) is 43.8 Å². The Labute approximate surface area is 634 Å². The summed E-state index contributed by atoms with van der Waals surface area (Å²) in [4.78, 5) is 119. The zero-order valence-electron chi connectivity index (χ0n) is 63.1. The monoisotopic (exact) mass is 1590 g/mol. The number of nitrogens with one attached hydrogen (secondary N) is 5. The van der Waals surface area contributed by atoms with Crippen LogP contribution >= 0.6 is 0 Å². The number of sulfonamides is 2. The number of rotatable bonds is 23. The third kappa shape index (κ3) is 86.9. The minimum atomic E-state index is -3.63. The van der Waals surface area contributed by atoms with Crippen LogP contribution in [0.5, 0.6) is 0 Å². The van der Waals surface area contributed by atoms with E-state index in [2.05, 4.69) is 37.1 Å². The van der Waals surface area contributed by atoms with Crippen LogP contribution in [0.15, 0.2) is 0 Å². The maximum Gasteiger partial charge on any atom is 0.326 e. The quantitative estimate of drug-likeness (QED) is 0.0348. The van der Waals surface area contributed by atoms with Gasteiger partial charge in [-0.15, -0.1) is 0 Å². The molecule has 0 aromatic carbocycles. The fourth-order valence-electron chi connectivity index (χ4n) is 6.72. The number of ketones is 2. The highest BCUT2D eigenvalue weighted by atomic mass is 32.2. The highest BCUT2D eigenvalue weighted by molar-refractivity contribution is 7.98. The van der Waals surface area contributed by atoms with E-state index in [1.165, 1.54) is 35.0 Å². The minimum absolute atomic E-state index is 0. The second kappa shape index (κ2) is 69.1. The van der Waals surface area contributed by atoms with Crippen LogP contribution in [0.25, 0.3) is 0 Å². The van der Waals surface area contributed by atoms with E-state index in [0.717, 1.165) is 12.8 Å². The molecular weight excluding hydrogens is 1430 g/mol. The first-order valence-corrected chi connectivity index (χ1v) is 39.1. The molecule has 0 radical (unpaired) electrons. The third-order valence-corrected chi connectivity index (χ3v) is 17.6. The summed E-state index contributed by atoms with van der Waals surface area (Å²) in [6, 6.07) is -0.501. The maximum atomic E-state index is 11.5. The molecule has 2 aliphatic rings. The van der Waals surface area contributed by atoms with Crippen molar-refractivity contribution in [2.75, 3.05) is 57.7 Å². The first-order chi connectivity index (χ1) is 43.4. The van der Waals surface area contributed by atoms with Crippen LogP contribution in [0.1, 0.15) is 243 Å². The molecule has 2 saturated heterocycles. The molecule has 2 heterocycles. The van der Waals surface area contributed by atoms with E-state index < -0.39 is 99.3 Å². The molecule has 2 unspecified atom stereocenters. The van der Waals surface area contributed by atoms with Gasteiger partial charge in [0, 0.05) is 119 Å². The Hall–Kier alpha value is -5.69. The van der Waals surface area contributed by atoms with E-state index in [-0.39, 0.29) is 148 Å². The van der Waals surface area contributed by atoms with E-state index in [1.807, 2.05) is 76.3 Å². The molecule has 0 spiro atoms. The first kappa shape index (κ1) is 134. The van der Waals surface area contributed by atoms with Crippen LogP contribution in [0.2, 0.25) is 0 Å². The highest BCUT2D eigenvalue weighted by Gasteiger charge is 2.36. The first-order valence-electron chi connectivity index (χ1n) is 31.6. The molecule has 0 bridgehead atoms. The number of amides is 5. The van der Waals surface area contributed by atoms with Crippen molar-refractivity contribution >= 4 is 116 Å². The van der Waals surface area contributed by atoms with Crippen molar-refractivity contribution in [1.29, 1.82) is 0 Å². The normalized spacial score (nSPS) is 14.1. The second-order valence-corrected chi connectivity index (χ2v) is 34.1. The van der Waals surface area contributed by atoms with Crippen LogP contribution in [0.3, 0.4) is 0 Å². The number of nitrogens with two attached hydrogens (primary N) is 1. The van der Waals surface area contributed by atoms with Crippen LogP contribution in [0, 0.1) is 17.8 Å². The van der Waals surface area contributed by atoms with Crippen molar-refractivity contribution in [3.63, 3.8) is 0 Å². The Morgan fingerprint density at radius 1 is 0.471 bits per heavy atom. The number of likely N-dealkylation sites (tertiary alicyclic amines) is 2. The van der Waals surface area contributed by atoms with Crippen molar-refractivity contribution in [2.45, 2.75) is 298 Å². The number of carboxylic acids is 4. The number of carbonyl (C=O) groups excluding carboxylic acids is 7. The average molecular weight is 1590 g/mol. The number of Topliss-reactive ketones (excluding diaryl/α,β-unsaturated/α-hetero) is 2. The van der Waals surface area contributed by atoms with Gasteiger partial charge in [-0.2, -0.15) is 0 Å². The Balaban J connectivity index is -0.0000000651. The molecule has 0 saturated carbocycles. The SMILES string of the molecule is C.C.C.C.C.C.C.C=S(C)(=O)N(C)C(C)C.C=S(C)(=O)NC(C)C.CC(=O)C(C)C.CC(=O)CS(=O)(=O)N(C)C(C)C.CC(=O)NC(C)C.CC(C)C(=O)N1CCC[C@@H]1C(=O)O.CC(C)C(=O)N1CCC[C@H]1C(=O)O.CC(C)NC(=O)CC(=O)O.CC(C)NC(=O)CN.CC(C)NS(=O)(=O)CC(=O)O. The second-order valence-electron chi connectivity index (χ2n) is 25.6. The predicted molar refractivity (Wildman–Crippen MR) is 434 cm³/mol. The summed E-state index contributed by atoms with van der Waals surface area (Å²) < 4.78 is 73.9. The van der Waals surface area contributed by atoms with Gasteiger partial charge in [0.25, 0.3) is 0 Å². The molecule has 4 atom stereocenters. The van der Waals surface area contributed by atoms with Gasteiger partial charge in [-0.25, -0.2) is 44.5 Å². The largest absolute Gasteiger partial charge is 0.481 e. The van der Waals surface area contributed by atoms with Gasteiger partial charge in [0.1, 0.15) is 35.8 Å². The molecule has 11 N–H and O–H groups in total. The van der Waals surface area contributed by atoms with E-state index in [0.29, 0.717) is 32.0 Å². The molecule has 2 aliphatic heterocycles. The lowest BCUT2D eigenvalue weighted by Crippen LogP contribution is -2.42. The maximum absolute atomic E-state index is 11.5. The van der Waals surface area contributed by atoms with Gasteiger partial charge >= 0.3 is 23.9 Å². The van der Waals surface area contributed by atoms with Crippen LogP contribution in [0.4, 0.5) is 0 Å². The van der Waals surface area contributed by atoms with Crippen molar-refractivity contribution in [3.8, 4) is 0 Å². The fourth-order valence-corrected chi connectivity index (χ4v) is 11.1. The van der Waals surface area contributed by atoms with Crippen molar-refractivity contribution < 1.29 is 98.4 Å². The number of hydrogen-bond acceptors (Lipinski definition) is 18. The molecule has 0 aliphatic carbocycles. The number of hydrogen-bond donors (Lipinski definition) is 10. The summed E-state index contributed by atoms with van der Waals surface area (Å²) in [7, 11) is -7.65. The Morgan fingerprint density at radius 2 is 0.779 bits per heavy atom. The van der Waals surface area contributed by atoms with Crippen LogP contribution in [-0.2, 0) is 92.2 Å². The highest BCUT2D eigenvalue weighted by Crippen LogP contribution is 2.21. The number of carboxylic acid groups (broad SMARTS) is 4. The smallest absolute Gasteiger partial charge is 0.326 e. The third-order valence-electron chi connectivity index (χ3n) is 11.4. The molecule has 2 fully saturated rings. The molecule has 104 heavy (non-hydrogen) atoms.